The number of hydrogen-bond donors (Lipinski definition) is 1. The fourth-order valence-corrected chi connectivity index (χ4v) is 1.93. The van der Waals surface area contributed by atoms with E-state index in [2.05, 4.69) is 0 Å². The van der Waals surface area contributed by atoms with Crippen LogP contribution in [0.4, 0.5) is 0 Å². The Balaban J connectivity index is 2.80. The molecule has 0 aromatic rings. The highest BCUT2D eigenvalue weighted by Gasteiger charge is 2.41. The molecule has 0 radical (unpaired) electrons. The lowest BCUT2D eigenvalue weighted by Gasteiger charge is -2.25. The first-order valence-corrected chi connectivity index (χ1v) is 4.92. The van der Waals surface area contributed by atoms with Gasteiger partial charge in [-0.05, 0) is 32.8 Å². The first kappa shape index (κ1) is 10.5. The molecule has 1 aliphatic carbocycles. The molecule has 0 heterocycles. The molecule has 0 aliphatic heterocycles. The van der Waals surface area contributed by atoms with Crippen molar-refractivity contribution in [3.63, 3.8) is 0 Å². The summed E-state index contributed by atoms with van der Waals surface area (Å²) in [7, 11) is 0. The maximum absolute atomic E-state index is 11.8. The van der Waals surface area contributed by atoms with Gasteiger partial charge in [-0.3, -0.25) is 4.79 Å². The van der Waals surface area contributed by atoms with Crippen LogP contribution in [0.1, 0.15) is 40.0 Å². The molecule has 1 aliphatic rings. The van der Waals surface area contributed by atoms with Gasteiger partial charge in [-0.15, -0.1) is 0 Å². The monoisotopic (exact) mass is 181 g/mol. The highest BCUT2D eigenvalue weighted by Crippen LogP contribution is 2.37. The Bertz CT molecular complexity index is 240. The molecule has 74 valence electrons. The summed E-state index contributed by atoms with van der Waals surface area (Å²) in [6, 6.07) is 0.0515. The van der Waals surface area contributed by atoms with Crippen LogP contribution < -0.4 is 5.73 Å². The zero-order valence-corrected chi connectivity index (χ0v) is 8.76. The van der Waals surface area contributed by atoms with E-state index in [0.29, 0.717) is 0 Å². The molecule has 2 atom stereocenters. The molecule has 0 spiro atoms. The Morgan fingerprint density at radius 1 is 1.54 bits per heavy atom. The van der Waals surface area contributed by atoms with Crippen molar-refractivity contribution in [2.45, 2.75) is 46.1 Å². The van der Waals surface area contributed by atoms with Crippen molar-refractivity contribution in [2.24, 2.45) is 11.1 Å². The number of nitrogens with two attached hydrogens (primary N) is 1. The third kappa shape index (κ3) is 1.99. The van der Waals surface area contributed by atoms with Gasteiger partial charge in [0.15, 0.2) is 5.78 Å². The zero-order chi connectivity index (χ0) is 10.1. The van der Waals surface area contributed by atoms with Gasteiger partial charge in [0.05, 0.1) is 0 Å². The van der Waals surface area contributed by atoms with E-state index >= 15 is 0 Å². The van der Waals surface area contributed by atoms with Crippen molar-refractivity contribution in [3.05, 3.63) is 11.6 Å². The minimum Gasteiger partial charge on any atom is -0.327 e. The number of carbonyl (C=O) groups excluding carboxylic acids is 1. The minimum atomic E-state index is -0.294. The van der Waals surface area contributed by atoms with E-state index < -0.39 is 0 Å². The zero-order valence-electron chi connectivity index (χ0n) is 8.76. The van der Waals surface area contributed by atoms with Crippen LogP contribution in [-0.4, -0.2) is 11.8 Å². The van der Waals surface area contributed by atoms with Crippen LogP contribution in [0.15, 0.2) is 11.6 Å². The normalized spacial score (nSPS) is 33.1. The second-order valence-electron chi connectivity index (χ2n) is 4.50. The van der Waals surface area contributed by atoms with Crippen LogP contribution in [0.25, 0.3) is 0 Å². The van der Waals surface area contributed by atoms with E-state index in [1.54, 1.807) is 6.08 Å². The lowest BCUT2D eigenvalue weighted by atomic mass is 9.80. The van der Waals surface area contributed by atoms with Crippen molar-refractivity contribution in [1.29, 1.82) is 0 Å². The molecule has 2 unspecified atom stereocenters. The van der Waals surface area contributed by atoms with Gasteiger partial charge >= 0.3 is 0 Å². The maximum Gasteiger partial charge on any atom is 0.163 e. The van der Waals surface area contributed by atoms with Crippen LogP contribution in [0.2, 0.25) is 0 Å². The van der Waals surface area contributed by atoms with Crippen LogP contribution in [0, 0.1) is 5.41 Å². The lowest BCUT2D eigenvalue weighted by Crippen LogP contribution is -2.40. The quantitative estimate of drug-likeness (QED) is 0.662. The highest BCUT2D eigenvalue weighted by atomic mass is 16.1. The number of rotatable bonds is 2. The second kappa shape index (κ2) is 3.62. The Hall–Kier alpha value is -0.630. The van der Waals surface area contributed by atoms with Gasteiger partial charge in [0, 0.05) is 11.5 Å². The van der Waals surface area contributed by atoms with Crippen molar-refractivity contribution >= 4 is 5.78 Å². The number of hydrogen-bond acceptors (Lipinski definition) is 2. The molecule has 0 aromatic heterocycles. The lowest BCUT2D eigenvalue weighted by molar-refractivity contribution is -0.123. The SMILES string of the molecule is CC(C)=CC(=O)C1(C)CCCC1N. The first-order chi connectivity index (χ1) is 5.97. The molecular weight excluding hydrogens is 162 g/mol. The Kier molecular flexibility index (Phi) is 2.91. The molecule has 0 saturated heterocycles. The van der Waals surface area contributed by atoms with Gasteiger partial charge in [-0.1, -0.05) is 18.9 Å². The van der Waals surface area contributed by atoms with Crippen LogP contribution in [0.5, 0.6) is 0 Å². The van der Waals surface area contributed by atoms with Gasteiger partial charge in [0.2, 0.25) is 0 Å². The van der Waals surface area contributed by atoms with E-state index in [9.17, 15) is 4.79 Å². The van der Waals surface area contributed by atoms with Gasteiger partial charge < -0.3 is 5.73 Å². The van der Waals surface area contributed by atoms with Crippen molar-refractivity contribution in [1.82, 2.24) is 0 Å². The largest absolute Gasteiger partial charge is 0.327 e. The molecule has 2 N–H and O–H groups in total. The van der Waals surface area contributed by atoms with Crippen molar-refractivity contribution in [2.75, 3.05) is 0 Å². The van der Waals surface area contributed by atoms with E-state index in [0.717, 1.165) is 24.8 Å². The summed E-state index contributed by atoms with van der Waals surface area (Å²) in [5, 5.41) is 0. The fourth-order valence-electron chi connectivity index (χ4n) is 1.93. The maximum atomic E-state index is 11.8. The molecule has 2 nitrogen and oxygen atoms in total. The number of ketones is 1. The Morgan fingerprint density at radius 3 is 2.54 bits per heavy atom. The van der Waals surface area contributed by atoms with E-state index in [1.165, 1.54) is 0 Å². The molecule has 0 bridgehead atoms. The Labute approximate surface area is 80.2 Å². The summed E-state index contributed by atoms with van der Waals surface area (Å²) in [5.74, 6) is 0.206. The summed E-state index contributed by atoms with van der Waals surface area (Å²) in [6.07, 6.45) is 4.74. The average molecular weight is 181 g/mol. The predicted molar refractivity (Wildman–Crippen MR) is 54.4 cm³/mol. The Morgan fingerprint density at radius 2 is 2.15 bits per heavy atom. The smallest absolute Gasteiger partial charge is 0.163 e. The molecule has 13 heavy (non-hydrogen) atoms. The summed E-state index contributed by atoms with van der Waals surface area (Å²) < 4.78 is 0. The molecule has 1 saturated carbocycles. The summed E-state index contributed by atoms with van der Waals surface area (Å²) in [4.78, 5) is 11.8. The van der Waals surface area contributed by atoms with Gasteiger partial charge in [0.1, 0.15) is 0 Å². The highest BCUT2D eigenvalue weighted by molar-refractivity contribution is 5.95. The molecule has 0 aromatic carbocycles. The molecule has 1 rings (SSSR count). The second-order valence-corrected chi connectivity index (χ2v) is 4.50. The van der Waals surface area contributed by atoms with Crippen LogP contribution in [-0.2, 0) is 4.79 Å². The summed E-state index contributed by atoms with van der Waals surface area (Å²) in [5.41, 5.74) is 6.71. The van der Waals surface area contributed by atoms with Gasteiger partial charge in [-0.2, -0.15) is 0 Å². The van der Waals surface area contributed by atoms with E-state index in [4.69, 9.17) is 5.73 Å². The minimum absolute atomic E-state index is 0.0515. The third-order valence-corrected chi connectivity index (χ3v) is 3.01. The average Bonchev–Trinajstić information content (AvgIpc) is 2.32. The van der Waals surface area contributed by atoms with Crippen LogP contribution in [0.3, 0.4) is 0 Å². The standard InChI is InChI=1S/C11H19NO/c1-8(2)7-10(13)11(3)6-4-5-9(11)12/h7,9H,4-6,12H2,1-3H3. The van der Waals surface area contributed by atoms with E-state index in [1.807, 2.05) is 20.8 Å². The number of allylic oxidation sites excluding steroid dienone is 2. The summed E-state index contributed by atoms with van der Waals surface area (Å²) in [6.45, 7) is 5.88. The van der Waals surface area contributed by atoms with Gasteiger partial charge in [0.25, 0.3) is 0 Å². The molecule has 0 amide bonds. The topological polar surface area (TPSA) is 43.1 Å². The predicted octanol–water partition coefficient (Wildman–Crippen LogP) is 2.04. The van der Waals surface area contributed by atoms with Crippen molar-refractivity contribution in [3.8, 4) is 0 Å². The summed E-state index contributed by atoms with van der Waals surface area (Å²) >= 11 is 0. The van der Waals surface area contributed by atoms with Gasteiger partial charge in [-0.25, -0.2) is 0 Å². The van der Waals surface area contributed by atoms with Crippen LogP contribution >= 0.6 is 0 Å². The molecule has 1 fully saturated rings. The molecular formula is C11H19NO. The number of carbonyl (C=O) groups is 1. The third-order valence-electron chi connectivity index (χ3n) is 3.01. The fraction of sp³-hybridized carbons (Fsp3) is 0.727. The molecule has 2 heteroatoms. The first-order valence-electron chi connectivity index (χ1n) is 4.92. The van der Waals surface area contributed by atoms with Crippen molar-refractivity contribution < 1.29 is 4.79 Å². The van der Waals surface area contributed by atoms with E-state index in [-0.39, 0.29) is 17.2 Å².